The zero-order chi connectivity index (χ0) is 51.4. The maximum absolute atomic E-state index is 13.0. The number of Topliss-reactive ketones (excluding diaryl/α,β-unsaturated/α-hetero) is 1. The van der Waals surface area contributed by atoms with Crippen LogP contribution in [-0.2, 0) is 17.1 Å². The topological polar surface area (TPSA) is 141 Å². The molecule has 4 aromatic rings. The van der Waals surface area contributed by atoms with Crippen LogP contribution in [0.5, 0.6) is 11.5 Å². The fourth-order valence-electron chi connectivity index (χ4n) is 10.3. The van der Waals surface area contributed by atoms with Crippen molar-refractivity contribution in [3.63, 3.8) is 0 Å². The van der Waals surface area contributed by atoms with Crippen molar-refractivity contribution < 1.29 is 55.4 Å². The predicted molar refractivity (Wildman–Crippen MR) is 253 cm³/mol. The predicted octanol–water partition coefficient (Wildman–Crippen LogP) is 9.73. The number of oxime groups is 1. The Hall–Kier alpha value is -6.08. The monoisotopic (exact) mass is 993 g/mol. The summed E-state index contributed by atoms with van der Waals surface area (Å²) in [6.07, 6.45) is -1.02. The molecule has 4 aliphatic heterocycles. The van der Waals surface area contributed by atoms with Crippen molar-refractivity contribution in [1.82, 2.24) is 29.6 Å². The molecule has 0 aliphatic carbocycles. The maximum Gasteiger partial charge on any atom is 0.433 e. The molecule has 4 saturated heterocycles. The minimum atomic E-state index is -4.53. The Morgan fingerprint density at radius 3 is 1.39 bits per heavy atom. The van der Waals surface area contributed by atoms with E-state index in [-0.39, 0.29) is 66.1 Å². The molecule has 0 spiro atoms. The molecule has 0 unspecified atom stereocenters. The number of pyridine rings is 2. The summed E-state index contributed by atoms with van der Waals surface area (Å²) in [7, 11) is 0. The average Bonchev–Trinajstić information content (AvgIpc) is 3.35. The summed E-state index contributed by atoms with van der Waals surface area (Å²) < 4.78 is 88.3. The third kappa shape index (κ3) is 12.2. The molecule has 13 nitrogen and oxygen atoms in total. The lowest BCUT2D eigenvalue weighted by molar-refractivity contribution is -0.142. The quantitative estimate of drug-likeness (QED) is 0.0707. The van der Waals surface area contributed by atoms with Crippen molar-refractivity contribution in [2.45, 2.75) is 117 Å². The van der Waals surface area contributed by atoms with Gasteiger partial charge in [0.05, 0.1) is 16.8 Å². The molecule has 4 atom stereocenters. The molecule has 2 aromatic heterocycles. The Kier molecular flexibility index (Phi) is 16.4. The molecule has 4 fully saturated rings. The largest absolute Gasteiger partial charge is 0.487 e. The number of aromatic nitrogens is 2. The number of nitrogens with zero attached hydrogens (tertiary/aromatic N) is 7. The molecule has 4 aliphatic rings. The van der Waals surface area contributed by atoms with Crippen molar-refractivity contribution >= 4 is 23.3 Å². The Bertz CT molecular complexity index is 2590. The minimum Gasteiger partial charge on any atom is -0.487 e. The number of halogens is 6. The lowest BCUT2D eigenvalue weighted by atomic mass is 9.86. The highest BCUT2D eigenvalue weighted by Gasteiger charge is 2.40. The number of benzene rings is 2. The number of hydrogen-bond acceptors (Lipinski definition) is 11. The highest BCUT2D eigenvalue weighted by atomic mass is 19.4. The summed E-state index contributed by atoms with van der Waals surface area (Å²) in [5.41, 5.74) is 5.67. The van der Waals surface area contributed by atoms with Crippen LogP contribution in [0.3, 0.4) is 0 Å². The number of hydrogen-bond donors (Lipinski definition) is 1. The van der Waals surface area contributed by atoms with E-state index in [1.807, 2.05) is 26.0 Å². The first-order valence-electron chi connectivity index (χ1n) is 24.0. The first-order valence-corrected chi connectivity index (χ1v) is 24.0. The number of alkyl halides is 6. The second-order valence-electron chi connectivity index (χ2n) is 19.0. The van der Waals surface area contributed by atoms with Gasteiger partial charge in [0.1, 0.15) is 36.1 Å². The molecular weight excluding hydrogens is 933 g/mol. The van der Waals surface area contributed by atoms with Gasteiger partial charge in [0, 0.05) is 75.8 Å². The van der Waals surface area contributed by atoms with E-state index in [4.69, 9.17) is 14.7 Å². The number of ether oxygens (including phenoxy) is 2. The molecule has 0 radical (unpaired) electrons. The maximum atomic E-state index is 13.0. The van der Waals surface area contributed by atoms with E-state index in [1.165, 1.54) is 30.2 Å². The molecule has 71 heavy (non-hydrogen) atoms. The lowest BCUT2D eigenvalue weighted by Crippen LogP contribution is -2.57. The van der Waals surface area contributed by atoms with E-state index in [0.29, 0.717) is 45.0 Å². The van der Waals surface area contributed by atoms with E-state index in [9.17, 15) is 40.7 Å². The summed E-state index contributed by atoms with van der Waals surface area (Å²) in [5.74, 6) is 0.877. The lowest BCUT2D eigenvalue weighted by Gasteiger charge is -2.48. The van der Waals surface area contributed by atoms with E-state index < -0.39 is 23.7 Å². The van der Waals surface area contributed by atoms with Gasteiger partial charge in [-0.25, -0.2) is 0 Å². The highest BCUT2D eigenvalue weighted by Crippen LogP contribution is 2.42. The Labute approximate surface area is 409 Å². The average molecular weight is 994 g/mol. The number of piperazine rings is 2. The molecular formula is C52H61F6N7O6. The van der Waals surface area contributed by atoms with Crippen LogP contribution >= 0.6 is 0 Å². The molecule has 0 bridgehead atoms. The van der Waals surface area contributed by atoms with Crippen LogP contribution in [0.15, 0.2) is 66.1 Å². The fraction of sp³-hybridized carbons (Fsp3) is 0.500. The van der Waals surface area contributed by atoms with Crippen molar-refractivity contribution in [3.8, 4) is 11.5 Å². The third-order valence-electron chi connectivity index (χ3n) is 14.4. The molecule has 8 rings (SSSR count). The van der Waals surface area contributed by atoms with Gasteiger partial charge in [-0.15, -0.1) is 0 Å². The molecule has 2 aromatic carbocycles. The highest BCUT2D eigenvalue weighted by molar-refractivity contribution is 5.94. The van der Waals surface area contributed by atoms with Gasteiger partial charge < -0.3 is 24.5 Å². The van der Waals surface area contributed by atoms with Crippen molar-refractivity contribution in [2.75, 3.05) is 52.5 Å². The molecule has 2 amide bonds. The number of rotatable bonds is 10. The number of piperidine rings is 2. The number of carbonyl (C=O) groups is 3. The third-order valence-corrected chi connectivity index (χ3v) is 14.4. The van der Waals surface area contributed by atoms with Gasteiger partial charge in [0.15, 0.2) is 5.78 Å². The Balaban J connectivity index is 0.000000209. The van der Waals surface area contributed by atoms with Crippen LogP contribution in [0.25, 0.3) is 0 Å². The van der Waals surface area contributed by atoms with Gasteiger partial charge in [-0.1, -0.05) is 17.3 Å². The second-order valence-corrected chi connectivity index (χ2v) is 19.0. The minimum absolute atomic E-state index is 0.0271. The fourth-order valence-corrected chi connectivity index (χ4v) is 10.3. The molecule has 382 valence electrons. The molecule has 19 heteroatoms. The zero-order valence-electron chi connectivity index (χ0n) is 40.9. The Morgan fingerprint density at radius 1 is 0.606 bits per heavy atom. The second kappa shape index (κ2) is 22.1. The van der Waals surface area contributed by atoms with Crippen molar-refractivity contribution in [1.29, 1.82) is 0 Å². The summed E-state index contributed by atoms with van der Waals surface area (Å²) in [6.45, 7) is 15.1. The summed E-state index contributed by atoms with van der Waals surface area (Å²) in [5, 5.41) is 12.0. The first kappa shape index (κ1) is 52.7. The van der Waals surface area contributed by atoms with Crippen molar-refractivity contribution in [2.24, 2.45) is 5.16 Å². The van der Waals surface area contributed by atoms with E-state index in [2.05, 4.69) is 50.9 Å². The van der Waals surface area contributed by atoms with Gasteiger partial charge >= 0.3 is 12.4 Å². The van der Waals surface area contributed by atoms with E-state index in [0.717, 1.165) is 96.8 Å². The molecule has 0 saturated carbocycles. The smallest absolute Gasteiger partial charge is 0.433 e. The number of ketones is 1. The van der Waals surface area contributed by atoms with Gasteiger partial charge in [-0.2, -0.15) is 26.3 Å². The van der Waals surface area contributed by atoms with E-state index in [1.54, 1.807) is 16.7 Å². The molecule has 6 heterocycles. The first-order chi connectivity index (χ1) is 33.7. The van der Waals surface area contributed by atoms with Crippen LogP contribution in [0, 0.1) is 27.7 Å². The number of carbonyl (C=O) groups excluding carboxylic acids is 3. The van der Waals surface area contributed by atoms with Crippen LogP contribution < -0.4 is 9.47 Å². The van der Waals surface area contributed by atoms with Gasteiger partial charge in [0.2, 0.25) is 0 Å². The zero-order valence-corrected chi connectivity index (χ0v) is 40.9. The standard InChI is InChI=1S/C26H31F3N4O3.C26H30F3N3O3/c1-16(31-35)15-36-23-9-8-21(17(2)18(23)3)22-6-4-5-20-14-32(11-12-33(20)22)25(34)19-7-10-24(30-13-19)26(27,28)29;1-16(33)15-35-23-9-8-21(17(2)18(23)3)22-6-4-5-20-14-31(11-12-32(20)22)25(34)19-7-10-24(30-13-19)26(27,28)29/h7-10,13,20,22,35H,4-6,11-12,14-15H2,1-3H3;7-10,13,20,22H,4-6,11-12,14-15H2,1-3H3/b31-16+;/t2*20-,22+/m00/s1. The van der Waals surface area contributed by atoms with Gasteiger partial charge in [0.25, 0.3) is 11.8 Å². The van der Waals surface area contributed by atoms with Crippen LogP contribution in [0.1, 0.15) is 130 Å². The normalized spacial score (nSPS) is 21.1. The summed E-state index contributed by atoms with van der Waals surface area (Å²) in [4.78, 5) is 52.5. The van der Waals surface area contributed by atoms with Gasteiger partial charge in [-0.05, 0) is 150 Å². The van der Waals surface area contributed by atoms with Crippen molar-refractivity contribution in [3.05, 3.63) is 117 Å². The summed E-state index contributed by atoms with van der Waals surface area (Å²) in [6, 6.07) is 13.0. The molecule has 1 N–H and O–H groups in total. The van der Waals surface area contributed by atoms with Crippen LogP contribution in [0.2, 0.25) is 0 Å². The van der Waals surface area contributed by atoms with Gasteiger partial charge in [-0.3, -0.25) is 34.2 Å². The van der Waals surface area contributed by atoms with E-state index >= 15 is 0 Å². The van der Waals surface area contributed by atoms with Crippen LogP contribution in [0.4, 0.5) is 26.3 Å². The Morgan fingerprint density at radius 2 is 1.03 bits per heavy atom. The summed E-state index contributed by atoms with van der Waals surface area (Å²) >= 11 is 0. The van der Waals surface area contributed by atoms with Crippen LogP contribution in [-0.4, -0.2) is 123 Å². The number of amides is 2. The SMILES string of the molecule is C/C(COc1ccc([C@H]2CCC[C@H]3CN(C(=O)c4ccc(C(F)(F)F)nc4)CCN32)c(C)c1C)=N\O.CC(=O)COc1ccc([C@H]2CCC[C@H]3CN(C(=O)c4ccc(C(F)(F)F)nc4)CCN32)c(C)c1C. The number of fused-ring (bicyclic) bond motifs is 2.